The number of methoxy groups -OCH3 is 1. The van der Waals surface area contributed by atoms with Crippen molar-refractivity contribution in [3.8, 4) is 11.5 Å². The fraction of sp³-hybridized carbons (Fsp3) is 0.0588. The van der Waals surface area contributed by atoms with Crippen LogP contribution >= 0.6 is 11.8 Å². The Morgan fingerprint density at radius 3 is 2.75 bits per heavy atom. The van der Waals surface area contributed by atoms with Crippen LogP contribution in [0.5, 0.6) is 11.5 Å². The maximum atomic E-state index is 11.5. The molecular formula is C17H13NO5S. The van der Waals surface area contributed by atoms with Gasteiger partial charge in [0, 0.05) is 5.56 Å². The van der Waals surface area contributed by atoms with Crippen LogP contribution in [-0.4, -0.2) is 28.3 Å². The number of thioether (sulfide) groups is 1. The molecule has 1 aromatic heterocycles. The van der Waals surface area contributed by atoms with Crippen molar-refractivity contribution < 1.29 is 24.2 Å². The number of rotatable bonds is 5. The van der Waals surface area contributed by atoms with Gasteiger partial charge in [0.2, 0.25) is 0 Å². The molecule has 122 valence electrons. The highest BCUT2D eigenvalue weighted by atomic mass is 32.2. The molecule has 0 unspecified atom stereocenters. The minimum atomic E-state index is -1.15. The van der Waals surface area contributed by atoms with E-state index in [2.05, 4.69) is 4.98 Å². The molecule has 2 N–H and O–H groups in total. The number of aromatic nitrogens is 1. The lowest BCUT2D eigenvalue weighted by Crippen LogP contribution is -1.97. The number of carboxylic acids is 1. The average Bonchev–Trinajstić information content (AvgIpc) is 2.98. The molecule has 0 saturated carbocycles. The summed E-state index contributed by atoms with van der Waals surface area (Å²) in [5.41, 5.74) is 1.55. The lowest BCUT2D eigenvalue weighted by molar-refractivity contribution is -0.131. The molecule has 3 aromatic rings. The summed E-state index contributed by atoms with van der Waals surface area (Å²) in [6.07, 6.45) is 1.35. The van der Waals surface area contributed by atoms with Crippen molar-refractivity contribution in [2.24, 2.45) is 0 Å². The zero-order valence-electron chi connectivity index (χ0n) is 12.6. The normalized spacial score (nSPS) is 11.6. The van der Waals surface area contributed by atoms with E-state index < -0.39 is 5.97 Å². The van der Waals surface area contributed by atoms with Gasteiger partial charge in [-0.3, -0.25) is 0 Å². The van der Waals surface area contributed by atoms with E-state index in [0.29, 0.717) is 16.7 Å². The summed E-state index contributed by atoms with van der Waals surface area (Å²) in [5.74, 6) is -1.01. The molecule has 0 spiro atoms. The highest BCUT2D eigenvalue weighted by Crippen LogP contribution is 2.35. The lowest BCUT2D eigenvalue weighted by atomic mass is 10.1. The number of ether oxygens (including phenoxy) is 1. The molecule has 2 aromatic carbocycles. The third-order valence-electron chi connectivity index (χ3n) is 3.22. The molecule has 24 heavy (non-hydrogen) atoms. The number of hydrogen-bond donors (Lipinski definition) is 2. The monoisotopic (exact) mass is 343 g/mol. The summed E-state index contributed by atoms with van der Waals surface area (Å²) in [6.45, 7) is 0. The van der Waals surface area contributed by atoms with Crippen molar-refractivity contribution in [3.63, 3.8) is 0 Å². The molecule has 0 bridgehead atoms. The number of aromatic hydroxyl groups is 1. The first-order valence-corrected chi connectivity index (χ1v) is 7.74. The summed E-state index contributed by atoms with van der Waals surface area (Å²) in [5, 5.41) is 19.7. The number of aliphatic carboxylic acids is 1. The smallest absolute Gasteiger partial charge is 0.342 e. The second-order valence-corrected chi connectivity index (χ2v) is 5.75. The highest BCUT2D eigenvalue weighted by Gasteiger charge is 2.16. The standard InChI is InChI=1S/C17H13NO5S/c1-22-13-8-4-5-10(15(13)19)9-14(16(20)21)24-17-18-11-6-2-3-7-12(11)23-17/h2-9,19H,1H3,(H,20,21)/b14-9-. The van der Waals surface area contributed by atoms with E-state index in [1.165, 1.54) is 13.2 Å². The van der Waals surface area contributed by atoms with Gasteiger partial charge in [0.05, 0.1) is 7.11 Å². The number of benzene rings is 2. The van der Waals surface area contributed by atoms with E-state index in [9.17, 15) is 15.0 Å². The molecule has 7 heteroatoms. The van der Waals surface area contributed by atoms with Gasteiger partial charge >= 0.3 is 5.97 Å². The molecule has 0 aliphatic carbocycles. The van der Waals surface area contributed by atoms with Gasteiger partial charge in [0.25, 0.3) is 5.22 Å². The maximum absolute atomic E-state index is 11.5. The molecule has 0 amide bonds. The second-order valence-electron chi connectivity index (χ2n) is 4.76. The maximum Gasteiger partial charge on any atom is 0.342 e. The summed E-state index contributed by atoms with van der Waals surface area (Å²) >= 11 is 0.871. The van der Waals surface area contributed by atoms with Crippen molar-refractivity contribution in [2.75, 3.05) is 7.11 Å². The van der Waals surface area contributed by atoms with E-state index in [-0.39, 0.29) is 21.6 Å². The number of phenols is 1. The second kappa shape index (κ2) is 6.67. The van der Waals surface area contributed by atoms with Gasteiger partial charge < -0.3 is 19.4 Å². The summed E-state index contributed by atoms with van der Waals surface area (Å²) in [4.78, 5) is 15.7. The third kappa shape index (κ3) is 3.21. The molecule has 1 heterocycles. The average molecular weight is 343 g/mol. The topological polar surface area (TPSA) is 92.8 Å². The summed E-state index contributed by atoms with van der Waals surface area (Å²) in [7, 11) is 1.42. The predicted octanol–water partition coefficient (Wildman–Crippen LogP) is 3.76. The number of carbonyl (C=O) groups is 1. The number of carboxylic acid groups (broad SMARTS) is 1. The van der Waals surface area contributed by atoms with E-state index in [1.807, 2.05) is 12.1 Å². The zero-order chi connectivity index (χ0) is 17.1. The Bertz CT molecular complexity index is 899. The molecular weight excluding hydrogens is 330 g/mol. The number of hydrogen-bond acceptors (Lipinski definition) is 6. The van der Waals surface area contributed by atoms with Crippen molar-refractivity contribution in [1.82, 2.24) is 4.98 Å². The predicted molar refractivity (Wildman–Crippen MR) is 90.1 cm³/mol. The van der Waals surface area contributed by atoms with Crippen LogP contribution in [0.4, 0.5) is 0 Å². The number of oxazole rings is 1. The summed E-state index contributed by atoms with van der Waals surface area (Å²) < 4.78 is 10.5. The van der Waals surface area contributed by atoms with E-state index in [4.69, 9.17) is 9.15 Å². The van der Waals surface area contributed by atoms with Gasteiger partial charge in [-0.2, -0.15) is 0 Å². The van der Waals surface area contributed by atoms with Crippen LogP contribution in [0.15, 0.2) is 57.0 Å². The van der Waals surface area contributed by atoms with Gasteiger partial charge in [-0.15, -0.1) is 0 Å². The van der Waals surface area contributed by atoms with Crippen LogP contribution in [0.25, 0.3) is 17.2 Å². The molecule has 0 fully saturated rings. The van der Waals surface area contributed by atoms with Gasteiger partial charge in [-0.1, -0.05) is 24.3 Å². The Morgan fingerprint density at radius 2 is 2.04 bits per heavy atom. The van der Waals surface area contributed by atoms with Crippen LogP contribution < -0.4 is 4.74 Å². The Labute approximate surface area is 141 Å². The van der Waals surface area contributed by atoms with Crippen LogP contribution in [0, 0.1) is 0 Å². The Hall–Kier alpha value is -2.93. The molecule has 0 aliphatic heterocycles. The Morgan fingerprint density at radius 1 is 1.25 bits per heavy atom. The van der Waals surface area contributed by atoms with Crippen molar-refractivity contribution in [1.29, 1.82) is 0 Å². The Kier molecular flexibility index (Phi) is 4.43. The zero-order valence-corrected chi connectivity index (χ0v) is 13.4. The van der Waals surface area contributed by atoms with Crippen LogP contribution in [0.1, 0.15) is 5.56 Å². The fourth-order valence-electron chi connectivity index (χ4n) is 2.09. The fourth-order valence-corrected chi connectivity index (χ4v) is 2.82. The molecule has 6 nitrogen and oxygen atoms in total. The first kappa shape index (κ1) is 15.9. The van der Waals surface area contributed by atoms with Gasteiger partial charge in [-0.25, -0.2) is 9.78 Å². The van der Waals surface area contributed by atoms with Gasteiger partial charge in [0.1, 0.15) is 10.4 Å². The number of fused-ring (bicyclic) bond motifs is 1. The highest BCUT2D eigenvalue weighted by molar-refractivity contribution is 8.03. The molecule has 0 atom stereocenters. The minimum absolute atomic E-state index is 0.0369. The van der Waals surface area contributed by atoms with Gasteiger partial charge in [0.15, 0.2) is 17.1 Å². The molecule has 0 saturated heterocycles. The van der Waals surface area contributed by atoms with Crippen molar-refractivity contribution in [3.05, 3.63) is 52.9 Å². The number of nitrogens with zero attached hydrogens (tertiary/aromatic N) is 1. The van der Waals surface area contributed by atoms with Gasteiger partial charge in [-0.05, 0) is 36.0 Å². The third-order valence-corrected chi connectivity index (χ3v) is 4.08. The van der Waals surface area contributed by atoms with E-state index in [1.54, 1.807) is 30.3 Å². The van der Waals surface area contributed by atoms with Crippen molar-refractivity contribution in [2.45, 2.75) is 5.22 Å². The Balaban J connectivity index is 1.96. The van der Waals surface area contributed by atoms with Crippen LogP contribution in [0.3, 0.4) is 0 Å². The van der Waals surface area contributed by atoms with E-state index >= 15 is 0 Å². The lowest BCUT2D eigenvalue weighted by Gasteiger charge is -2.06. The quantitative estimate of drug-likeness (QED) is 0.538. The number of para-hydroxylation sites is 3. The minimum Gasteiger partial charge on any atom is -0.504 e. The first-order valence-electron chi connectivity index (χ1n) is 6.93. The largest absolute Gasteiger partial charge is 0.504 e. The number of phenolic OH excluding ortho intramolecular Hbond substituents is 1. The van der Waals surface area contributed by atoms with Crippen LogP contribution in [0.2, 0.25) is 0 Å². The van der Waals surface area contributed by atoms with Crippen LogP contribution in [-0.2, 0) is 4.79 Å². The van der Waals surface area contributed by atoms with E-state index in [0.717, 1.165) is 11.8 Å². The molecule has 0 aliphatic rings. The molecule has 3 rings (SSSR count). The molecule has 0 radical (unpaired) electrons. The SMILES string of the molecule is COc1cccc(/C=C(\Sc2nc3ccccc3o2)C(=O)O)c1O. The van der Waals surface area contributed by atoms with Crippen molar-refractivity contribution >= 4 is 34.9 Å². The first-order chi connectivity index (χ1) is 11.6. The summed E-state index contributed by atoms with van der Waals surface area (Å²) in [6, 6.07) is 12.0.